The van der Waals surface area contributed by atoms with E-state index in [0.717, 1.165) is 0 Å². The van der Waals surface area contributed by atoms with E-state index in [0.29, 0.717) is 0 Å². The molecule has 0 aromatic rings. The summed E-state index contributed by atoms with van der Waals surface area (Å²) >= 11 is 0. The van der Waals surface area contributed by atoms with Crippen LogP contribution in [0.2, 0.25) is 0 Å². The van der Waals surface area contributed by atoms with Crippen molar-refractivity contribution in [2.24, 2.45) is 0 Å². The topological polar surface area (TPSA) is 17.1 Å². The van der Waals surface area contributed by atoms with E-state index >= 15 is 0 Å². The molecule has 1 radical (unpaired) electrons. The fraction of sp³-hybridized carbons (Fsp3) is 0.625. The zero-order chi connectivity index (χ0) is 7.58. The average Bonchev–Trinajstić information content (AvgIpc) is 1.75. The summed E-state index contributed by atoms with van der Waals surface area (Å²) in [6, 6.07) is 0. The zero-order valence-electron chi connectivity index (χ0n) is 8.06. The van der Waals surface area contributed by atoms with Crippen LogP contribution in [0.3, 0.4) is 0 Å². The standard InChI is InChI=1S/C3H5O.2C2H6.CH3.V/c1-3(2)4;2*1-2;;/h1H2,2H3;2*1-2H3;1H3;/q-1;;;-1;+2. The summed E-state index contributed by atoms with van der Waals surface area (Å²) in [6.07, 6.45) is 0. The summed E-state index contributed by atoms with van der Waals surface area (Å²) in [4.78, 5) is 9.33. The molecule has 0 amide bonds. The predicted octanol–water partition coefficient (Wildman–Crippen LogP) is 2.91. The monoisotopic (exact) mass is 183 g/mol. The van der Waals surface area contributed by atoms with Gasteiger partial charge in [0.2, 0.25) is 0 Å². The number of rotatable bonds is 0. The van der Waals surface area contributed by atoms with E-state index in [-0.39, 0.29) is 31.8 Å². The van der Waals surface area contributed by atoms with Gasteiger partial charge in [-0.2, -0.15) is 0 Å². The van der Waals surface area contributed by atoms with Gasteiger partial charge in [0.15, 0.2) is 0 Å². The summed E-state index contributed by atoms with van der Waals surface area (Å²) in [5.41, 5.74) is 0. The van der Waals surface area contributed by atoms with Crippen LogP contribution in [0.4, 0.5) is 0 Å². The van der Waals surface area contributed by atoms with Crippen LogP contribution < -0.4 is 0 Å². The SMILES string of the molecule is CC.CC.[CH2-]C(C)=O.[CH3-].[V+2]. The molecule has 0 aliphatic heterocycles. The van der Waals surface area contributed by atoms with Crippen molar-refractivity contribution >= 4 is 5.78 Å². The van der Waals surface area contributed by atoms with Gasteiger partial charge in [0.05, 0.1) is 0 Å². The first-order chi connectivity index (χ1) is 3.73. The first-order valence-electron chi connectivity index (χ1n) is 3.06. The summed E-state index contributed by atoms with van der Waals surface area (Å²) in [5.74, 6) is -0.0833. The molecule has 0 heterocycles. The fourth-order valence-electron chi connectivity index (χ4n) is 0. The summed E-state index contributed by atoms with van der Waals surface area (Å²) in [7, 11) is 0. The molecule has 0 saturated carbocycles. The quantitative estimate of drug-likeness (QED) is 0.528. The predicted molar refractivity (Wildman–Crippen MR) is 45.1 cm³/mol. The Morgan fingerprint density at radius 2 is 1.10 bits per heavy atom. The second kappa shape index (κ2) is 61.7. The molecule has 0 aromatic carbocycles. The Labute approximate surface area is 78.5 Å². The van der Waals surface area contributed by atoms with E-state index in [1.165, 1.54) is 6.92 Å². The number of ketones is 1. The van der Waals surface area contributed by atoms with E-state index in [4.69, 9.17) is 0 Å². The average molecular weight is 183 g/mol. The second-order valence-electron chi connectivity index (χ2n) is 0.702. The first kappa shape index (κ1) is 32.1. The fourth-order valence-corrected chi connectivity index (χ4v) is 0. The van der Waals surface area contributed by atoms with Gasteiger partial charge in [-0.1, -0.05) is 27.7 Å². The van der Waals surface area contributed by atoms with Gasteiger partial charge in [-0.25, -0.2) is 0 Å². The van der Waals surface area contributed by atoms with Crippen molar-refractivity contribution < 1.29 is 23.4 Å². The van der Waals surface area contributed by atoms with Crippen molar-refractivity contribution in [3.8, 4) is 0 Å². The van der Waals surface area contributed by atoms with Crippen molar-refractivity contribution in [1.29, 1.82) is 0 Å². The number of hydrogen-bond donors (Lipinski definition) is 0. The van der Waals surface area contributed by atoms with E-state index in [9.17, 15) is 4.79 Å². The molecule has 0 N–H and O–H groups in total. The molecule has 63 valence electrons. The number of carbonyl (C=O) groups is 1. The van der Waals surface area contributed by atoms with Gasteiger partial charge in [0, 0.05) is 0 Å². The van der Waals surface area contributed by atoms with Crippen molar-refractivity contribution in [1.82, 2.24) is 0 Å². The maximum atomic E-state index is 9.33. The summed E-state index contributed by atoms with van der Waals surface area (Å²) < 4.78 is 0. The van der Waals surface area contributed by atoms with Crippen molar-refractivity contribution in [2.45, 2.75) is 34.6 Å². The molecule has 2 heteroatoms. The molecule has 0 aliphatic rings. The molecule has 0 spiro atoms. The van der Waals surface area contributed by atoms with Crippen LogP contribution >= 0.6 is 0 Å². The number of carbonyl (C=O) groups excluding carboxylic acids is 1. The molecule has 0 unspecified atom stereocenters. The Kier molecular flexibility index (Phi) is 198. The van der Waals surface area contributed by atoms with Gasteiger partial charge in [-0.15, -0.1) is 0 Å². The van der Waals surface area contributed by atoms with Crippen LogP contribution in [-0.4, -0.2) is 5.78 Å². The molecule has 0 rings (SSSR count). The van der Waals surface area contributed by atoms with Crippen LogP contribution in [0.5, 0.6) is 0 Å². The van der Waals surface area contributed by atoms with E-state index < -0.39 is 0 Å². The normalized spacial score (nSPS) is 3.70. The molecule has 0 atom stereocenters. The van der Waals surface area contributed by atoms with Gasteiger partial charge < -0.3 is 19.1 Å². The molecule has 0 aromatic heterocycles. The molecule has 10 heavy (non-hydrogen) atoms. The Morgan fingerprint density at radius 3 is 1.10 bits per heavy atom. The van der Waals surface area contributed by atoms with Gasteiger partial charge in [0.1, 0.15) is 0 Å². The van der Waals surface area contributed by atoms with Crippen molar-refractivity contribution in [3.63, 3.8) is 0 Å². The molecular weight excluding hydrogens is 163 g/mol. The molecule has 0 aliphatic carbocycles. The second-order valence-corrected chi connectivity index (χ2v) is 0.702. The van der Waals surface area contributed by atoms with Gasteiger partial charge >= 0.3 is 18.6 Å². The zero-order valence-corrected chi connectivity index (χ0v) is 9.46. The van der Waals surface area contributed by atoms with Gasteiger partial charge in [-0.05, 0) is 12.7 Å². The third-order valence-electron chi connectivity index (χ3n) is 0. The molecule has 1 nitrogen and oxygen atoms in total. The van der Waals surface area contributed by atoms with Crippen LogP contribution in [-0.2, 0) is 23.4 Å². The minimum absolute atomic E-state index is 0. The molecular formula is C8H20OV. The number of hydrogen-bond acceptors (Lipinski definition) is 1. The summed E-state index contributed by atoms with van der Waals surface area (Å²) in [6.45, 7) is 12.4. The van der Waals surface area contributed by atoms with E-state index in [2.05, 4.69) is 6.92 Å². The van der Waals surface area contributed by atoms with E-state index in [1.807, 2.05) is 27.7 Å². The molecule has 0 fully saturated rings. The minimum Gasteiger partial charge on any atom is -0.358 e. The maximum Gasteiger partial charge on any atom is 2.00 e. The van der Waals surface area contributed by atoms with Crippen LogP contribution in [0, 0.1) is 14.4 Å². The Hall–Kier alpha value is 0.124. The Balaban J connectivity index is -0.0000000125. The molecule has 0 bridgehead atoms. The third-order valence-corrected chi connectivity index (χ3v) is 0. The van der Waals surface area contributed by atoms with Gasteiger partial charge in [-0.3, -0.25) is 0 Å². The Morgan fingerprint density at radius 1 is 1.10 bits per heavy atom. The summed E-state index contributed by atoms with van der Waals surface area (Å²) in [5, 5.41) is 0. The maximum absolute atomic E-state index is 9.33. The molecule has 0 saturated heterocycles. The first-order valence-corrected chi connectivity index (χ1v) is 3.06. The van der Waals surface area contributed by atoms with Crippen LogP contribution in [0.25, 0.3) is 0 Å². The van der Waals surface area contributed by atoms with Gasteiger partial charge in [0.25, 0.3) is 0 Å². The van der Waals surface area contributed by atoms with Crippen molar-refractivity contribution in [3.05, 3.63) is 14.4 Å². The van der Waals surface area contributed by atoms with Crippen LogP contribution in [0.1, 0.15) is 34.6 Å². The van der Waals surface area contributed by atoms with Crippen LogP contribution in [0.15, 0.2) is 0 Å². The minimum atomic E-state index is -0.0833. The van der Waals surface area contributed by atoms with E-state index in [1.54, 1.807) is 0 Å². The largest absolute Gasteiger partial charge is 2.00 e. The number of Topliss-reactive ketones (excluding diaryl/α,β-unsaturated/α-hetero) is 1. The van der Waals surface area contributed by atoms with Crippen molar-refractivity contribution in [2.75, 3.05) is 0 Å². The smallest absolute Gasteiger partial charge is 0.358 e. The Bertz CT molecular complexity index is 32.2. The third kappa shape index (κ3) is 26600.